The lowest BCUT2D eigenvalue weighted by Gasteiger charge is -2.12. The normalized spacial score (nSPS) is 10.3. The molecule has 3 rings (SSSR count). The maximum absolute atomic E-state index is 11.1. The molecule has 0 fully saturated rings. The van der Waals surface area contributed by atoms with Crippen molar-refractivity contribution >= 4 is 33.2 Å². The van der Waals surface area contributed by atoms with Gasteiger partial charge in [-0.2, -0.15) is 0 Å². The molecular formula is C23H27BrO4. The highest BCUT2D eigenvalue weighted by atomic mass is 79.9. The van der Waals surface area contributed by atoms with Crippen LogP contribution in [0.1, 0.15) is 55.5 Å². The fraction of sp³-hybridized carbons (Fsp3) is 0.348. The number of furan rings is 1. The molecule has 0 aliphatic carbocycles. The molecule has 0 saturated heterocycles. The van der Waals surface area contributed by atoms with Gasteiger partial charge in [0, 0.05) is 5.39 Å². The molecule has 0 saturated carbocycles. The first-order chi connectivity index (χ1) is 13.6. The molecule has 5 heteroatoms. The highest BCUT2D eigenvalue weighted by Gasteiger charge is 2.11. The third kappa shape index (κ3) is 5.86. The molecular weight excluding hydrogens is 420 g/mol. The van der Waals surface area contributed by atoms with Gasteiger partial charge in [0.15, 0.2) is 17.8 Å². The van der Waals surface area contributed by atoms with Crippen LogP contribution in [0.25, 0.3) is 11.0 Å². The van der Waals surface area contributed by atoms with Crippen LogP contribution in [0.3, 0.4) is 0 Å². The number of methoxy groups -OCH3 is 1. The monoisotopic (exact) mass is 446 g/mol. The van der Waals surface area contributed by atoms with E-state index in [2.05, 4.69) is 29.8 Å². The number of para-hydroxylation sites is 1. The summed E-state index contributed by atoms with van der Waals surface area (Å²) in [4.78, 5) is 11.1. The number of hydrogen-bond acceptors (Lipinski definition) is 4. The Kier molecular flexibility index (Phi) is 9.08. The van der Waals surface area contributed by atoms with Crippen molar-refractivity contribution in [2.75, 3.05) is 7.11 Å². The van der Waals surface area contributed by atoms with Gasteiger partial charge in [-0.3, -0.25) is 4.79 Å². The Hall–Kier alpha value is -2.27. The highest BCUT2D eigenvalue weighted by molar-refractivity contribution is 9.10. The van der Waals surface area contributed by atoms with Crippen molar-refractivity contribution in [2.24, 2.45) is 0 Å². The Labute approximate surface area is 175 Å². The van der Waals surface area contributed by atoms with E-state index in [0.29, 0.717) is 23.7 Å². The molecule has 28 heavy (non-hydrogen) atoms. The van der Waals surface area contributed by atoms with Gasteiger partial charge in [0.05, 0.1) is 23.4 Å². The first-order valence-corrected chi connectivity index (χ1v) is 10.3. The molecule has 4 nitrogen and oxygen atoms in total. The topological polar surface area (TPSA) is 48.7 Å². The van der Waals surface area contributed by atoms with Crippen LogP contribution in [0.2, 0.25) is 0 Å². The summed E-state index contributed by atoms with van der Waals surface area (Å²) in [5, 5.41) is 0.989. The van der Waals surface area contributed by atoms with Crippen molar-refractivity contribution in [3.05, 3.63) is 58.3 Å². The van der Waals surface area contributed by atoms with Gasteiger partial charge in [-0.05, 0) is 51.8 Å². The van der Waals surface area contributed by atoms with Crippen molar-refractivity contribution in [1.29, 1.82) is 0 Å². The predicted octanol–water partition coefficient (Wildman–Crippen LogP) is 7.18. The summed E-state index contributed by atoms with van der Waals surface area (Å²) >= 11 is 3.48. The first-order valence-electron chi connectivity index (χ1n) is 9.55. The lowest BCUT2D eigenvalue weighted by Crippen LogP contribution is -2.00. The molecule has 1 heterocycles. The molecule has 1 aromatic heterocycles. The van der Waals surface area contributed by atoms with E-state index >= 15 is 0 Å². The first kappa shape index (κ1) is 22.0. The average molecular weight is 447 g/mol. The van der Waals surface area contributed by atoms with E-state index in [4.69, 9.17) is 13.9 Å². The van der Waals surface area contributed by atoms with Crippen LogP contribution in [-0.2, 0) is 6.61 Å². The third-order valence-electron chi connectivity index (χ3n) is 4.26. The minimum absolute atomic E-state index is 0.320. The molecule has 0 aliphatic rings. The number of carbonyl (C=O) groups excluding carboxylic acids is 1. The SMILES string of the molecule is CCCCCC.COc1cccc(C=O)c1OCc1cc(Br)c2occc2c1. The van der Waals surface area contributed by atoms with Gasteiger partial charge in [-0.25, -0.2) is 0 Å². The lowest BCUT2D eigenvalue weighted by molar-refractivity contribution is 0.111. The second-order valence-corrected chi connectivity index (χ2v) is 7.26. The van der Waals surface area contributed by atoms with Gasteiger partial charge < -0.3 is 13.9 Å². The van der Waals surface area contributed by atoms with Crippen molar-refractivity contribution in [3.63, 3.8) is 0 Å². The summed E-state index contributed by atoms with van der Waals surface area (Å²) in [7, 11) is 1.55. The Morgan fingerprint density at radius 3 is 2.50 bits per heavy atom. The maximum atomic E-state index is 11.1. The molecule has 3 aromatic rings. The Morgan fingerprint density at radius 1 is 1.11 bits per heavy atom. The number of aldehydes is 1. The molecule has 0 unspecified atom stereocenters. The van der Waals surface area contributed by atoms with Crippen LogP contribution in [0.15, 0.2) is 51.6 Å². The quantitative estimate of drug-likeness (QED) is 0.271. The van der Waals surface area contributed by atoms with Crippen LogP contribution in [-0.4, -0.2) is 13.4 Å². The zero-order chi connectivity index (χ0) is 20.4. The van der Waals surface area contributed by atoms with E-state index in [1.807, 2.05) is 18.2 Å². The van der Waals surface area contributed by atoms with Gasteiger partial charge in [0.2, 0.25) is 0 Å². The maximum Gasteiger partial charge on any atom is 0.172 e. The van der Waals surface area contributed by atoms with E-state index in [1.54, 1.807) is 31.6 Å². The van der Waals surface area contributed by atoms with Gasteiger partial charge in [-0.1, -0.05) is 45.6 Å². The standard InChI is InChI=1S/C17H13BrO4.C6H14/c1-20-15-4-2-3-13(9-19)17(15)22-10-11-7-12-5-6-21-16(12)14(18)8-11;1-3-5-6-4-2/h2-9H,10H2,1H3;3-6H2,1-2H3. The summed E-state index contributed by atoms with van der Waals surface area (Å²) in [5.41, 5.74) is 2.22. The van der Waals surface area contributed by atoms with E-state index in [1.165, 1.54) is 25.7 Å². The summed E-state index contributed by atoms with van der Waals surface area (Å²) < 4.78 is 17.3. The average Bonchev–Trinajstić information content (AvgIpc) is 3.20. The Balaban J connectivity index is 0.000000409. The molecule has 150 valence electrons. The molecule has 0 aliphatic heterocycles. The summed E-state index contributed by atoms with van der Waals surface area (Å²) in [6.45, 7) is 4.78. The van der Waals surface area contributed by atoms with Gasteiger partial charge in [0.1, 0.15) is 12.2 Å². The number of benzene rings is 2. The number of rotatable bonds is 8. The molecule has 0 radical (unpaired) electrons. The molecule has 0 bridgehead atoms. The molecule has 0 atom stereocenters. The van der Waals surface area contributed by atoms with Crippen molar-refractivity contribution < 1.29 is 18.7 Å². The van der Waals surface area contributed by atoms with E-state index < -0.39 is 0 Å². The Morgan fingerprint density at radius 2 is 1.86 bits per heavy atom. The van der Waals surface area contributed by atoms with Crippen LogP contribution >= 0.6 is 15.9 Å². The number of unbranched alkanes of at least 4 members (excludes halogenated alkanes) is 3. The summed E-state index contributed by atoms with van der Waals surface area (Å²) in [5.74, 6) is 0.983. The lowest BCUT2D eigenvalue weighted by atomic mass is 10.1. The van der Waals surface area contributed by atoms with Crippen LogP contribution in [0, 0.1) is 0 Å². The minimum atomic E-state index is 0.320. The van der Waals surface area contributed by atoms with Crippen LogP contribution in [0.5, 0.6) is 11.5 Å². The molecule has 0 N–H and O–H groups in total. The van der Waals surface area contributed by atoms with Crippen molar-refractivity contribution in [2.45, 2.75) is 46.1 Å². The summed E-state index contributed by atoms with van der Waals surface area (Å²) in [6.07, 6.45) is 7.94. The van der Waals surface area contributed by atoms with Crippen molar-refractivity contribution in [1.82, 2.24) is 0 Å². The van der Waals surface area contributed by atoms with E-state index in [-0.39, 0.29) is 0 Å². The number of fused-ring (bicyclic) bond motifs is 1. The smallest absolute Gasteiger partial charge is 0.172 e. The van der Waals surface area contributed by atoms with Crippen LogP contribution < -0.4 is 9.47 Å². The van der Waals surface area contributed by atoms with Gasteiger partial charge >= 0.3 is 0 Å². The van der Waals surface area contributed by atoms with E-state index in [9.17, 15) is 4.79 Å². The number of ether oxygens (including phenoxy) is 2. The largest absolute Gasteiger partial charge is 0.493 e. The molecule has 2 aromatic carbocycles. The predicted molar refractivity (Wildman–Crippen MR) is 116 cm³/mol. The molecule has 0 amide bonds. The summed E-state index contributed by atoms with van der Waals surface area (Å²) in [6, 6.07) is 11.0. The van der Waals surface area contributed by atoms with Crippen LogP contribution in [0.4, 0.5) is 0 Å². The Bertz CT molecular complexity index is 881. The number of halogens is 1. The minimum Gasteiger partial charge on any atom is -0.493 e. The van der Waals surface area contributed by atoms with Gasteiger partial charge in [0.25, 0.3) is 0 Å². The highest BCUT2D eigenvalue weighted by Crippen LogP contribution is 2.32. The van der Waals surface area contributed by atoms with Gasteiger partial charge in [-0.15, -0.1) is 0 Å². The molecule has 0 spiro atoms. The van der Waals surface area contributed by atoms with E-state index in [0.717, 1.165) is 27.3 Å². The van der Waals surface area contributed by atoms with Crippen molar-refractivity contribution in [3.8, 4) is 11.5 Å². The number of carbonyl (C=O) groups is 1. The zero-order valence-corrected chi connectivity index (χ0v) is 18.3. The second kappa shape index (κ2) is 11.5. The second-order valence-electron chi connectivity index (χ2n) is 6.41. The third-order valence-corrected chi connectivity index (χ3v) is 4.85. The number of hydrogen-bond donors (Lipinski definition) is 0. The fourth-order valence-electron chi connectivity index (χ4n) is 2.78. The zero-order valence-electron chi connectivity index (χ0n) is 16.7. The fourth-order valence-corrected chi connectivity index (χ4v) is 3.39.